The van der Waals surface area contributed by atoms with Crippen molar-refractivity contribution in [2.45, 2.75) is 45.6 Å². The fourth-order valence-corrected chi connectivity index (χ4v) is 2.81. The van der Waals surface area contributed by atoms with Gasteiger partial charge in [-0.1, -0.05) is 19.9 Å². The van der Waals surface area contributed by atoms with Crippen LogP contribution in [0, 0.1) is 5.41 Å². The van der Waals surface area contributed by atoms with Crippen LogP contribution < -0.4 is 5.32 Å². The second-order valence-electron chi connectivity index (χ2n) is 4.94. The van der Waals surface area contributed by atoms with E-state index in [9.17, 15) is 0 Å². The van der Waals surface area contributed by atoms with E-state index in [2.05, 4.69) is 36.7 Å². The van der Waals surface area contributed by atoms with Gasteiger partial charge in [-0.3, -0.25) is 0 Å². The summed E-state index contributed by atoms with van der Waals surface area (Å²) in [5.41, 5.74) is 0.582. The first kappa shape index (κ1) is 11.2. The van der Waals surface area contributed by atoms with Crippen molar-refractivity contribution in [1.29, 1.82) is 0 Å². The zero-order valence-corrected chi connectivity index (χ0v) is 10.6. The van der Waals surface area contributed by atoms with Gasteiger partial charge in [-0.05, 0) is 49.1 Å². The van der Waals surface area contributed by atoms with E-state index in [-0.39, 0.29) is 0 Å². The summed E-state index contributed by atoms with van der Waals surface area (Å²) in [7, 11) is 0. The fraction of sp³-hybridized carbons (Fsp3) is 0.692. The minimum atomic E-state index is 0.582. The SMILES string of the molecule is CCCNC(Cc1cccs1)C1(C)CC1. The zero-order valence-electron chi connectivity index (χ0n) is 9.75. The van der Waals surface area contributed by atoms with Gasteiger partial charge in [-0.2, -0.15) is 0 Å². The Kier molecular flexibility index (Phi) is 3.47. The highest BCUT2D eigenvalue weighted by Crippen LogP contribution is 2.49. The van der Waals surface area contributed by atoms with Gasteiger partial charge < -0.3 is 5.32 Å². The lowest BCUT2D eigenvalue weighted by Gasteiger charge is -2.24. The second kappa shape index (κ2) is 4.67. The Balaban J connectivity index is 1.93. The number of thiophene rings is 1. The van der Waals surface area contributed by atoms with Gasteiger partial charge >= 0.3 is 0 Å². The molecule has 1 nitrogen and oxygen atoms in total. The summed E-state index contributed by atoms with van der Waals surface area (Å²) in [5.74, 6) is 0. The smallest absolute Gasteiger partial charge is 0.0169 e. The van der Waals surface area contributed by atoms with Crippen molar-refractivity contribution in [3.8, 4) is 0 Å². The van der Waals surface area contributed by atoms with Crippen LogP contribution in [0.3, 0.4) is 0 Å². The molecule has 1 saturated carbocycles. The molecule has 15 heavy (non-hydrogen) atoms. The quantitative estimate of drug-likeness (QED) is 0.779. The first-order valence-electron chi connectivity index (χ1n) is 6.00. The van der Waals surface area contributed by atoms with Crippen LogP contribution in [0.15, 0.2) is 17.5 Å². The Morgan fingerprint density at radius 1 is 1.53 bits per heavy atom. The molecule has 1 aromatic rings. The molecule has 1 aliphatic carbocycles. The highest BCUT2D eigenvalue weighted by Gasteiger charge is 2.44. The van der Waals surface area contributed by atoms with Crippen molar-refractivity contribution in [3.05, 3.63) is 22.4 Å². The third-order valence-corrected chi connectivity index (χ3v) is 4.40. The summed E-state index contributed by atoms with van der Waals surface area (Å²) in [5, 5.41) is 5.90. The maximum absolute atomic E-state index is 3.72. The number of nitrogens with one attached hydrogen (secondary N) is 1. The van der Waals surface area contributed by atoms with Gasteiger partial charge in [0.2, 0.25) is 0 Å². The predicted octanol–water partition coefficient (Wildman–Crippen LogP) is 3.46. The van der Waals surface area contributed by atoms with Crippen LogP contribution in [0.5, 0.6) is 0 Å². The summed E-state index contributed by atoms with van der Waals surface area (Å²) in [6.45, 7) is 5.82. The molecule has 1 heterocycles. The van der Waals surface area contributed by atoms with Gasteiger partial charge in [-0.25, -0.2) is 0 Å². The van der Waals surface area contributed by atoms with Gasteiger partial charge in [0.1, 0.15) is 0 Å². The molecule has 0 spiro atoms. The van der Waals surface area contributed by atoms with E-state index >= 15 is 0 Å². The summed E-state index contributed by atoms with van der Waals surface area (Å²) in [4.78, 5) is 1.52. The molecule has 2 rings (SSSR count). The number of hydrogen-bond acceptors (Lipinski definition) is 2. The van der Waals surface area contributed by atoms with Crippen LogP contribution in [0.25, 0.3) is 0 Å². The minimum Gasteiger partial charge on any atom is -0.313 e. The van der Waals surface area contributed by atoms with Gasteiger partial charge in [0.25, 0.3) is 0 Å². The summed E-state index contributed by atoms with van der Waals surface area (Å²) >= 11 is 1.89. The molecule has 1 aromatic heterocycles. The Morgan fingerprint density at radius 2 is 2.33 bits per heavy atom. The van der Waals surface area contributed by atoms with E-state index in [0.29, 0.717) is 11.5 Å². The third-order valence-electron chi connectivity index (χ3n) is 3.51. The third kappa shape index (κ3) is 2.82. The largest absolute Gasteiger partial charge is 0.313 e. The van der Waals surface area contributed by atoms with Crippen molar-refractivity contribution >= 4 is 11.3 Å². The number of rotatable bonds is 6. The molecule has 1 N–H and O–H groups in total. The molecule has 0 radical (unpaired) electrons. The first-order valence-corrected chi connectivity index (χ1v) is 6.88. The lowest BCUT2D eigenvalue weighted by molar-refractivity contribution is 0.356. The average molecular weight is 223 g/mol. The molecule has 1 fully saturated rings. The fourth-order valence-electron chi connectivity index (χ4n) is 2.06. The van der Waals surface area contributed by atoms with E-state index in [1.54, 1.807) is 0 Å². The van der Waals surface area contributed by atoms with E-state index in [0.717, 1.165) is 6.54 Å². The van der Waals surface area contributed by atoms with Crippen LogP contribution in [0.4, 0.5) is 0 Å². The zero-order chi connectivity index (χ0) is 10.7. The van der Waals surface area contributed by atoms with Gasteiger partial charge in [-0.15, -0.1) is 11.3 Å². The van der Waals surface area contributed by atoms with Crippen LogP contribution in [-0.2, 0) is 6.42 Å². The van der Waals surface area contributed by atoms with Crippen molar-refractivity contribution in [1.82, 2.24) is 5.32 Å². The molecule has 0 aliphatic heterocycles. The number of hydrogen-bond donors (Lipinski definition) is 1. The summed E-state index contributed by atoms with van der Waals surface area (Å²) in [6.07, 6.45) is 5.25. The van der Waals surface area contributed by atoms with Crippen molar-refractivity contribution < 1.29 is 0 Å². The van der Waals surface area contributed by atoms with Crippen LogP contribution in [0.2, 0.25) is 0 Å². The molecule has 2 heteroatoms. The molecule has 0 aromatic carbocycles. The van der Waals surface area contributed by atoms with Gasteiger partial charge in [0.15, 0.2) is 0 Å². The lowest BCUT2D eigenvalue weighted by atomic mass is 9.95. The Bertz CT molecular complexity index is 287. The van der Waals surface area contributed by atoms with E-state index in [1.807, 2.05) is 11.3 Å². The maximum Gasteiger partial charge on any atom is 0.0169 e. The molecule has 1 unspecified atom stereocenters. The topological polar surface area (TPSA) is 12.0 Å². The van der Waals surface area contributed by atoms with Crippen LogP contribution in [-0.4, -0.2) is 12.6 Å². The average Bonchev–Trinajstić information content (AvgIpc) is 2.80. The van der Waals surface area contributed by atoms with Gasteiger partial charge in [0.05, 0.1) is 0 Å². The first-order chi connectivity index (χ1) is 7.24. The summed E-state index contributed by atoms with van der Waals surface area (Å²) < 4.78 is 0. The van der Waals surface area contributed by atoms with Crippen molar-refractivity contribution in [2.24, 2.45) is 5.41 Å². The van der Waals surface area contributed by atoms with E-state index in [4.69, 9.17) is 0 Å². The predicted molar refractivity (Wildman–Crippen MR) is 67.4 cm³/mol. The maximum atomic E-state index is 3.72. The Hall–Kier alpha value is -0.340. The lowest BCUT2D eigenvalue weighted by Crippen LogP contribution is -2.38. The Morgan fingerprint density at radius 3 is 2.87 bits per heavy atom. The van der Waals surface area contributed by atoms with Crippen LogP contribution in [0.1, 0.15) is 38.0 Å². The molecule has 0 amide bonds. The molecule has 0 saturated heterocycles. The highest BCUT2D eigenvalue weighted by molar-refractivity contribution is 7.09. The van der Waals surface area contributed by atoms with Crippen LogP contribution >= 0.6 is 11.3 Å². The van der Waals surface area contributed by atoms with E-state index in [1.165, 1.54) is 30.6 Å². The molecule has 1 atom stereocenters. The summed E-state index contributed by atoms with van der Waals surface area (Å²) in [6, 6.07) is 5.11. The molecule has 1 aliphatic rings. The second-order valence-corrected chi connectivity index (χ2v) is 5.98. The normalized spacial score (nSPS) is 20.1. The molecule has 0 bridgehead atoms. The van der Waals surface area contributed by atoms with Crippen molar-refractivity contribution in [3.63, 3.8) is 0 Å². The molecule has 84 valence electrons. The highest BCUT2D eigenvalue weighted by atomic mass is 32.1. The standard InChI is InChI=1S/C13H21NS/c1-3-8-14-12(13(2)6-7-13)10-11-5-4-9-15-11/h4-5,9,12,14H,3,6-8,10H2,1-2H3. The van der Waals surface area contributed by atoms with E-state index < -0.39 is 0 Å². The molecular formula is C13H21NS. The Labute approximate surface area is 96.9 Å². The monoisotopic (exact) mass is 223 g/mol. The minimum absolute atomic E-state index is 0.582. The van der Waals surface area contributed by atoms with Crippen molar-refractivity contribution in [2.75, 3.05) is 6.54 Å². The molecular weight excluding hydrogens is 202 g/mol. The van der Waals surface area contributed by atoms with Gasteiger partial charge in [0, 0.05) is 10.9 Å².